The van der Waals surface area contributed by atoms with E-state index in [2.05, 4.69) is 26.2 Å². The molecule has 118 valence electrons. The smallest absolute Gasteiger partial charge is 0.255 e. The lowest BCUT2D eigenvalue weighted by Gasteiger charge is -2.33. The van der Waals surface area contributed by atoms with Crippen LogP contribution in [0.5, 0.6) is 0 Å². The average Bonchev–Trinajstić information content (AvgIpc) is 2.82. The summed E-state index contributed by atoms with van der Waals surface area (Å²) in [5.41, 5.74) is 1.04. The van der Waals surface area contributed by atoms with E-state index in [-0.39, 0.29) is 30.7 Å². The standard InChI is InChI=1S/C14H18BrN3O.2ClH/c15-12-7-11(8-17-9-12)13(19)18-6-3-14(10-18)1-4-16-5-2-14;;/h7-9,16H,1-6,10H2;2*1H. The quantitative estimate of drug-likeness (QED) is 0.793. The summed E-state index contributed by atoms with van der Waals surface area (Å²) >= 11 is 3.37. The third kappa shape index (κ3) is 4.09. The van der Waals surface area contributed by atoms with E-state index in [0.717, 1.165) is 37.1 Å². The van der Waals surface area contributed by atoms with Crippen molar-refractivity contribution in [2.75, 3.05) is 26.2 Å². The summed E-state index contributed by atoms with van der Waals surface area (Å²) in [5.74, 6) is 0.115. The first-order chi connectivity index (χ1) is 9.19. The fourth-order valence-electron chi connectivity index (χ4n) is 3.19. The number of carbonyl (C=O) groups is 1. The van der Waals surface area contributed by atoms with Gasteiger partial charge in [-0.3, -0.25) is 9.78 Å². The van der Waals surface area contributed by atoms with Crippen molar-refractivity contribution in [2.24, 2.45) is 5.41 Å². The number of hydrogen-bond donors (Lipinski definition) is 1. The van der Waals surface area contributed by atoms with E-state index in [1.165, 1.54) is 12.8 Å². The number of carbonyl (C=O) groups excluding carboxylic acids is 1. The third-order valence-corrected chi connectivity index (χ3v) is 4.78. The van der Waals surface area contributed by atoms with E-state index in [4.69, 9.17) is 0 Å². The number of piperidine rings is 1. The molecule has 0 radical (unpaired) electrons. The van der Waals surface area contributed by atoms with Crippen LogP contribution in [0.2, 0.25) is 0 Å². The van der Waals surface area contributed by atoms with E-state index >= 15 is 0 Å². The average molecular weight is 397 g/mol. The van der Waals surface area contributed by atoms with E-state index in [0.29, 0.717) is 11.0 Å². The monoisotopic (exact) mass is 395 g/mol. The molecule has 1 aromatic heterocycles. The van der Waals surface area contributed by atoms with Crippen molar-refractivity contribution in [1.29, 1.82) is 0 Å². The second kappa shape index (κ2) is 7.77. The minimum atomic E-state index is 0. The Morgan fingerprint density at radius 3 is 2.62 bits per heavy atom. The van der Waals surface area contributed by atoms with Crippen molar-refractivity contribution < 1.29 is 4.79 Å². The number of amides is 1. The molecule has 2 fully saturated rings. The normalized spacial score (nSPS) is 19.8. The van der Waals surface area contributed by atoms with Crippen molar-refractivity contribution in [3.05, 3.63) is 28.5 Å². The van der Waals surface area contributed by atoms with Crippen LogP contribution >= 0.6 is 40.7 Å². The summed E-state index contributed by atoms with van der Waals surface area (Å²) in [5, 5.41) is 3.40. The molecule has 0 atom stereocenters. The predicted octanol–water partition coefficient (Wildman–Crippen LogP) is 2.90. The summed E-state index contributed by atoms with van der Waals surface area (Å²) in [7, 11) is 0. The lowest BCUT2D eigenvalue weighted by Crippen LogP contribution is -2.39. The zero-order chi connectivity index (χ0) is 13.3. The van der Waals surface area contributed by atoms with Gasteiger partial charge in [-0.25, -0.2) is 0 Å². The van der Waals surface area contributed by atoms with Gasteiger partial charge in [0.2, 0.25) is 0 Å². The number of likely N-dealkylation sites (tertiary alicyclic amines) is 1. The zero-order valence-electron chi connectivity index (χ0n) is 11.7. The van der Waals surface area contributed by atoms with Crippen LogP contribution < -0.4 is 5.32 Å². The highest BCUT2D eigenvalue weighted by Gasteiger charge is 2.40. The Morgan fingerprint density at radius 1 is 1.24 bits per heavy atom. The fourth-order valence-corrected chi connectivity index (χ4v) is 3.55. The van der Waals surface area contributed by atoms with Crippen molar-refractivity contribution in [2.45, 2.75) is 19.3 Å². The Hall–Kier alpha value is -0.360. The molecule has 2 aliphatic rings. The maximum absolute atomic E-state index is 12.5. The summed E-state index contributed by atoms with van der Waals surface area (Å²) in [6.45, 7) is 3.95. The molecule has 3 rings (SSSR count). The van der Waals surface area contributed by atoms with Crippen LogP contribution in [0.1, 0.15) is 29.6 Å². The van der Waals surface area contributed by atoms with Gasteiger partial charge in [-0.1, -0.05) is 0 Å². The van der Waals surface area contributed by atoms with Gasteiger partial charge in [0.05, 0.1) is 5.56 Å². The second-order valence-electron chi connectivity index (χ2n) is 5.62. The molecule has 2 aliphatic heterocycles. The number of aromatic nitrogens is 1. The SMILES string of the molecule is Cl.Cl.O=C(c1cncc(Br)c1)N1CCC2(CCNCC2)C1. The molecule has 0 unspecified atom stereocenters. The Bertz CT molecular complexity index is 495. The van der Waals surface area contributed by atoms with Crippen LogP contribution in [0, 0.1) is 5.41 Å². The van der Waals surface area contributed by atoms with Gasteiger partial charge in [-0.15, -0.1) is 24.8 Å². The van der Waals surface area contributed by atoms with Gasteiger partial charge >= 0.3 is 0 Å². The summed E-state index contributed by atoms with van der Waals surface area (Å²) in [4.78, 5) is 18.5. The maximum Gasteiger partial charge on any atom is 0.255 e. The lowest BCUT2D eigenvalue weighted by molar-refractivity contribution is 0.0761. The molecule has 2 saturated heterocycles. The van der Waals surface area contributed by atoms with Crippen molar-refractivity contribution in [1.82, 2.24) is 15.2 Å². The summed E-state index contributed by atoms with van der Waals surface area (Å²) in [6, 6.07) is 1.85. The highest BCUT2D eigenvalue weighted by molar-refractivity contribution is 9.10. The van der Waals surface area contributed by atoms with Crippen LogP contribution in [0.4, 0.5) is 0 Å². The molecule has 1 spiro atoms. The molecular formula is C14H20BrCl2N3O. The molecule has 1 amide bonds. The second-order valence-corrected chi connectivity index (χ2v) is 6.53. The number of halogens is 3. The van der Waals surface area contributed by atoms with E-state index < -0.39 is 0 Å². The largest absolute Gasteiger partial charge is 0.338 e. The molecule has 1 aromatic rings. The first kappa shape index (κ1) is 18.7. The molecule has 0 aliphatic carbocycles. The predicted molar refractivity (Wildman–Crippen MR) is 91.5 cm³/mol. The highest BCUT2D eigenvalue weighted by atomic mass is 79.9. The summed E-state index contributed by atoms with van der Waals surface area (Å²) < 4.78 is 0.856. The first-order valence-electron chi connectivity index (χ1n) is 6.79. The van der Waals surface area contributed by atoms with Gasteiger partial charge in [-0.2, -0.15) is 0 Å². The zero-order valence-corrected chi connectivity index (χ0v) is 14.9. The Balaban J connectivity index is 0.00000110. The van der Waals surface area contributed by atoms with E-state index in [9.17, 15) is 4.79 Å². The van der Waals surface area contributed by atoms with Crippen LogP contribution in [-0.2, 0) is 0 Å². The third-order valence-electron chi connectivity index (χ3n) is 4.34. The Labute approximate surface area is 146 Å². The van der Waals surface area contributed by atoms with Crippen LogP contribution in [0.15, 0.2) is 22.9 Å². The van der Waals surface area contributed by atoms with Gasteiger partial charge in [0.15, 0.2) is 0 Å². The van der Waals surface area contributed by atoms with Crippen LogP contribution in [0.3, 0.4) is 0 Å². The minimum absolute atomic E-state index is 0. The Morgan fingerprint density at radius 2 is 1.95 bits per heavy atom. The number of nitrogens with zero attached hydrogens (tertiary/aromatic N) is 2. The molecule has 4 nitrogen and oxygen atoms in total. The number of nitrogens with one attached hydrogen (secondary N) is 1. The van der Waals surface area contributed by atoms with Gasteiger partial charge in [0.25, 0.3) is 5.91 Å². The molecule has 7 heteroatoms. The molecule has 3 heterocycles. The van der Waals surface area contributed by atoms with Gasteiger partial charge in [0, 0.05) is 30.0 Å². The number of hydrogen-bond acceptors (Lipinski definition) is 3. The van der Waals surface area contributed by atoms with Crippen molar-refractivity contribution >= 4 is 46.7 Å². The first-order valence-corrected chi connectivity index (χ1v) is 7.58. The molecule has 1 N–H and O–H groups in total. The lowest BCUT2D eigenvalue weighted by atomic mass is 9.78. The van der Waals surface area contributed by atoms with Gasteiger partial charge < -0.3 is 10.2 Å². The van der Waals surface area contributed by atoms with E-state index in [1.54, 1.807) is 12.4 Å². The summed E-state index contributed by atoms with van der Waals surface area (Å²) in [6.07, 6.45) is 6.87. The highest BCUT2D eigenvalue weighted by Crippen LogP contribution is 2.39. The fraction of sp³-hybridized carbons (Fsp3) is 0.571. The topological polar surface area (TPSA) is 45.2 Å². The van der Waals surface area contributed by atoms with Gasteiger partial charge in [-0.05, 0) is 59.8 Å². The van der Waals surface area contributed by atoms with Gasteiger partial charge in [0.1, 0.15) is 0 Å². The molecule has 0 bridgehead atoms. The van der Waals surface area contributed by atoms with Crippen molar-refractivity contribution in [3.8, 4) is 0 Å². The number of rotatable bonds is 1. The van der Waals surface area contributed by atoms with E-state index in [1.807, 2.05) is 11.0 Å². The molecular weight excluding hydrogens is 377 g/mol. The molecule has 0 aromatic carbocycles. The van der Waals surface area contributed by atoms with Crippen LogP contribution in [0.25, 0.3) is 0 Å². The molecule has 0 saturated carbocycles. The minimum Gasteiger partial charge on any atom is -0.338 e. The van der Waals surface area contributed by atoms with Crippen molar-refractivity contribution in [3.63, 3.8) is 0 Å². The Kier molecular flexibility index (Phi) is 6.91. The number of pyridine rings is 1. The molecule has 21 heavy (non-hydrogen) atoms. The van der Waals surface area contributed by atoms with Crippen LogP contribution in [-0.4, -0.2) is 42.0 Å². The maximum atomic E-state index is 12.5.